The number of nitrogens with zero attached hydrogens (tertiary/aromatic N) is 4. The standard InChI is InChI=1S/C29H28N6O/c1-4-21-10-19(5-6-26(21)28(31)32-3)17-35-29(36)22-7-8-33-25(14-22)13-20-11-23-9-18(2)16-34-27(23)24(12-20)15-30/h5-12,14,16H,4,13,17H2,1-3H3,(H2,31,32)(H,35,36). The first-order valence-corrected chi connectivity index (χ1v) is 11.8. The number of carbonyl (C=O) groups excluding carboxylic acids is 1. The fraction of sp³-hybridized carbons (Fsp3) is 0.207. The van der Waals surface area contributed by atoms with Crippen molar-refractivity contribution in [2.24, 2.45) is 10.7 Å². The molecule has 0 saturated heterocycles. The van der Waals surface area contributed by atoms with Gasteiger partial charge in [-0.25, -0.2) is 0 Å². The van der Waals surface area contributed by atoms with Crippen LogP contribution in [0.4, 0.5) is 0 Å². The van der Waals surface area contributed by atoms with E-state index in [4.69, 9.17) is 5.73 Å². The fourth-order valence-electron chi connectivity index (χ4n) is 4.24. The number of hydrogen-bond acceptors (Lipinski definition) is 5. The molecule has 0 aliphatic carbocycles. The van der Waals surface area contributed by atoms with Crippen molar-refractivity contribution in [3.8, 4) is 6.07 Å². The van der Waals surface area contributed by atoms with Gasteiger partial charge in [-0.2, -0.15) is 5.26 Å². The van der Waals surface area contributed by atoms with Gasteiger partial charge in [-0.3, -0.25) is 19.8 Å². The minimum atomic E-state index is -0.175. The Morgan fingerprint density at radius 1 is 1.11 bits per heavy atom. The predicted octanol–water partition coefficient (Wildman–Crippen LogP) is 4.23. The lowest BCUT2D eigenvalue weighted by atomic mass is 10.0. The second-order valence-corrected chi connectivity index (χ2v) is 8.69. The molecule has 7 nitrogen and oxygen atoms in total. The van der Waals surface area contributed by atoms with E-state index in [1.54, 1.807) is 31.6 Å². The fourth-order valence-corrected chi connectivity index (χ4v) is 4.24. The summed E-state index contributed by atoms with van der Waals surface area (Å²) >= 11 is 0. The number of amidine groups is 1. The Hall–Kier alpha value is -4.57. The summed E-state index contributed by atoms with van der Waals surface area (Å²) in [5.41, 5.74) is 13.5. The summed E-state index contributed by atoms with van der Waals surface area (Å²) in [5.74, 6) is 0.331. The second-order valence-electron chi connectivity index (χ2n) is 8.69. The number of carbonyl (C=O) groups is 1. The van der Waals surface area contributed by atoms with Gasteiger partial charge in [0.1, 0.15) is 11.9 Å². The minimum Gasteiger partial charge on any atom is -0.384 e. The first kappa shape index (κ1) is 24.6. The number of hydrogen-bond donors (Lipinski definition) is 2. The van der Waals surface area contributed by atoms with Gasteiger partial charge in [-0.05, 0) is 65.9 Å². The van der Waals surface area contributed by atoms with Crippen molar-refractivity contribution >= 4 is 22.6 Å². The van der Waals surface area contributed by atoms with Crippen LogP contribution in [-0.2, 0) is 19.4 Å². The highest BCUT2D eigenvalue weighted by Crippen LogP contribution is 2.22. The Balaban J connectivity index is 1.49. The number of aromatic nitrogens is 2. The molecule has 3 N–H and O–H groups in total. The summed E-state index contributed by atoms with van der Waals surface area (Å²) < 4.78 is 0. The van der Waals surface area contributed by atoms with E-state index in [1.807, 2.05) is 37.3 Å². The lowest BCUT2D eigenvalue weighted by molar-refractivity contribution is 0.0950. The molecule has 1 amide bonds. The van der Waals surface area contributed by atoms with E-state index in [9.17, 15) is 10.1 Å². The number of nitrogens with two attached hydrogens (primary N) is 1. The monoisotopic (exact) mass is 476 g/mol. The Labute approximate surface area is 210 Å². The summed E-state index contributed by atoms with van der Waals surface area (Å²) in [6.45, 7) is 4.44. The van der Waals surface area contributed by atoms with E-state index in [0.717, 1.165) is 45.3 Å². The van der Waals surface area contributed by atoms with Gasteiger partial charge in [0.05, 0.1) is 11.1 Å². The van der Waals surface area contributed by atoms with E-state index in [1.165, 1.54) is 0 Å². The van der Waals surface area contributed by atoms with Crippen molar-refractivity contribution in [3.05, 3.63) is 106 Å². The molecule has 0 aliphatic rings. The van der Waals surface area contributed by atoms with E-state index in [-0.39, 0.29) is 5.91 Å². The Bertz CT molecular complexity index is 1520. The number of fused-ring (bicyclic) bond motifs is 1. The molecule has 0 radical (unpaired) electrons. The number of nitriles is 1. The molecule has 4 rings (SSSR count). The molecule has 2 aromatic carbocycles. The van der Waals surface area contributed by atoms with Crippen molar-refractivity contribution in [3.63, 3.8) is 0 Å². The van der Waals surface area contributed by atoms with E-state index >= 15 is 0 Å². The van der Waals surface area contributed by atoms with Gasteiger partial charge in [-0.1, -0.05) is 25.1 Å². The molecule has 0 unspecified atom stereocenters. The van der Waals surface area contributed by atoms with Crippen LogP contribution in [0.15, 0.2) is 65.9 Å². The minimum absolute atomic E-state index is 0.175. The van der Waals surface area contributed by atoms with Gasteiger partial charge >= 0.3 is 0 Å². The summed E-state index contributed by atoms with van der Waals surface area (Å²) in [5, 5.41) is 13.5. The smallest absolute Gasteiger partial charge is 0.251 e. The lowest BCUT2D eigenvalue weighted by Crippen LogP contribution is -2.23. The van der Waals surface area contributed by atoms with Crippen molar-refractivity contribution in [1.29, 1.82) is 5.26 Å². The number of amides is 1. The third kappa shape index (κ3) is 5.39. The number of nitrogens with one attached hydrogen (secondary N) is 1. The second kappa shape index (κ2) is 10.8. The van der Waals surface area contributed by atoms with Crippen LogP contribution in [0.5, 0.6) is 0 Å². The maximum absolute atomic E-state index is 12.9. The molecule has 2 aromatic heterocycles. The molecule has 7 heteroatoms. The van der Waals surface area contributed by atoms with Gasteiger partial charge in [0.25, 0.3) is 5.91 Å². The van der Waals surface area contributed by atoms with Crippen molar-refractivity contribution in [2.45, 2.75) is 33.2 Å². The quantitative estimate of drug-likeness (QED) is 0.306. The SMILES string of the molecule is CCc1cc(CNC(=O)c2ccnc(Cc3cc(C#N)c4ncc(C)cc4c3)c2)ccc1C(N)=NC. The van der Waals surface area contributed by atoms with Crippen LogP contribution >= 0.6 is 0 Å². The first-order valence-electron chi connectivity index (χ1n) is 11.8. The number of aliphatic imine (C=N–C) groups is 1. The molecule has 0 atom stereocenters. The number of benzene rings is 2. The molecule has 0 spiro atoms. The number of aryl methyl sites for hydroxylation is 2. The Kier molecular flexibility index (Phi) is 7.36. The molecule has 2 heterocycles. The number of pyridine rings is 2. The third-order valence-electron chi connectivity index (χ3n) is 6.08. The van der Waals surface area contributed by atoms with Gasteiger partial charge < -0.3 is 11.1 Å². The largest absolute Gasteiger partial charge is 0.384 e. The molecule has 0 fully saturated rings. The first-order chi connectivity index (χ1) is 17.4. The Morgan fingerprint density at radius 3 is 2.69 bits per heavy atom. The van der Waals surface area contributed by atoms with Crippen LogP contribution in [0.25, 0.3) is 10.9 Å². The van der Waals surface area contributed by atoms with Gasteiger partial charge in [0.15, 0.2) is 0 Å². The highest BCUT2D eigenvalue weighted by atomic mass is 16.1. The average molecular weight is 477 g/mol. The summed E-state index contributed by atoms with van der Waals surface area (Å²) in [7, 11) is 1.67. The Morgan fingerprint density at radius 2 is 1.94 bits per heavy atom. The summed E-state index contributed by atoms with van der Waals surface area (Å²) in [6.07, 6.45) is 4.72. The zero-order chi connectivity index (χ0) is 25.7. The predicted molar refractivity (Wildman–Crippen MR) is 142 cm³/mol. The van der Waals surface area contributed by atoms with E-state index < -0.39 is 0 Å². The molecule has 180 valence electrons. The number of rotatable bonds is 7. The van der Waals surface area contributed by atoms with Crippen molar-refractivity contribution < 1.29 is 4.79 Å². The molecule has 0 bridgehead atoms. The molecule has 36 heavy (non-hydrogen) atoms. The van der Waals surface area contributed by atoms with Crippen LogP contribution in [-0.4, -0.2) is 28.8 Å². The van der Waals surface area contributed by atoms with Gasteiger partial charge in [0.2, 0.25) is 0 Å². The zero-order valence-corrected chi connectivity index (χ0v) is 20.7. The van der Waals surface area contributed by atoms with Crippen LogP contribution in [0.1, 0.15) is 56.4 Å². The van der Waals surface area contributed by atoms with Crippen molar-refractivity contribution in [1.82, 2.24) is 15.3 Å². The third-order valence-corrected chi connectivity index (χ3v) is 6.08. The van der Waals surface area contributed by atoms with Gasteiger partial charge in [0, 0.05) is 54.6 Å². The summed E-state index contributed by atoms with van der Waals surface area (Å²) in [4.78, 5) is 25.8. The average Bonchev–Trinajstić information content (AvgIpc) is 2.90. The van der Waals surface area contributed by atoms with Crippen molar-refractivity contribution in [2.75, 3.05) is 7.05 Å². The highest BCUT2D eigenvalue weighted by molar-refractivity contribution is 5.99. The van der Waals surface area contributed by atoms with Crippen LogP contribution in [0, 0.1) is 18.3 Å². The topological polar surface area (TPSA) is 117 Å². The molecular weight excluding hydrogens is 448 g/mol. The maximum Gasteiger partial charge on any atom is 0.251 e. The maximum atomic E-state index is 12.9. The molecule has 0 aliphatic heterocycles. The highest BCUT2D eigenvalue weighted by Gasteiger charge is 2.11. The summed E-state index contributed by atoms with van der Waals surface area (Å²) in [6, 6.07) is 17.6. The van der Waals surface area contributed by atoms with E-state index in [2.05, 4.69) is 39.3 Å². The van der Waals surface area contributed by atoms with Crippen LogP contribution in [0.2, 0.25) is 0 Å². The normalized spacial score (nSPS) is 11.3. The van der Waals surface area contributed by atoms with Gasteiger partial charge in [-0.15, -0.1) is 0 Å². The lowest BCUT2D eigenvalue weighted by Gasteiger charge is -2.11. The van der Waals surface area contributed by atoms with Crippen LogP contribution < -0.4 is 11.1 Å². The molecule has 0 saturated carbocycles. The molecule has 4 aromatic rings. The van der Waals surface area contributed by atoms with Crippen LogP contribution in [0.3, 0.4) is 0 Å². The van der Waals surface area contributed by atoms with E-state index in [0.29, 0.717) is 35.4 Å². The zero-order valence-electron chi connectivity index (χ0n) is 20.7. The molecular formula is C29H28N6O.